The molecule has 1 amide bonds. The van der Waals surface area contributed by atoms with Crippen molar-refractivity contribution in [1.29, 1.82) is 0 Å². The van der Waals surface area contributed by atoms with Crippen molar-refractivity contribution < 1.29 is 4.79 Å². The molecular weight excluding hydrogens is 364 g/mol. The van der Waals surface area contributed by atoms with Crippen molar-refractivity contribution in [3.8, 4) is 0 Å². The van der Waals surface area contributed by atoms with Crippen molar-refractivity contribution in [2.75, 3.05) is 18.0 Å². The normalized spacial score (nSPS) is 14.8. The molecule has 7 heteroatoms. The Morgan fingerprint density at radius 3 is 2.77 bits per heavy atom. The predicted octanol–water partition coefficient (Wildman–Crippen LogP) is 4.29. The van der Waals surface area contributed by atoms with Gasteiger partial charge in [-0.25, -0.2) is 9.97 Å². The van der Waals surface area contributed by atoms with Crippen LogP contribution in [0, 0.1) is 13.8 Å². The Morgan fingerprint density at radius 2 is 2.04 bits per heavy atom. The number of hydrogen-bond donors (Lipinski definition) is 1. The Bertz CT molecular complexity index is 927. The van der Waals surface area contributed by atoms with Gasteiger partial charge in [0.05, 0.1) is 16.8 Å². The van der Waals surface area contributed by atoms with Gasteiger partial charge in [-0.3, -0.25) is 4.79 Å². The summed E-state index contributed by atoms with van der Waals surface area (Å²) >= 11 is 3.13. The van der Waals surface area contributed by atoms with E-state index in [2.05, 4.69) is 15.2 Å². The van der Waals surface area contributed by atoms with Gasteiger partial charge >= 0.3 is 0 Å². The second-order valence-corrected chi connectivity index (χ2v) is 8.67. The van der Waals surface area contributed by atoms with Gasteiger partial charge in [0.2, 0.25) is 0 Å². The Morgan fingerprint density at radius 1 is 1.23 bits per heavy atom. The summed E-state index contributed by atoms with van der Waals surface area (Å²) in [5, 5.41) is 6.11. The fraction of sp³-hybridized carbons (Fsp3) is 0.421. The molecule has 4 heterocycles. The number of hydrogen-bond acceptors (Lipinski definition) is 6. The second-order valence-electron chi connectivity index (χ2n) is 6.64. The van der Waals surface area contributed by atoms with E-state index in [-0.39, 0.29) is 5.91 Å². The van der Waals surface area contributed by atoms with Gasteiger partial charge in [0.25, 0.3) is 5.91 Å². The molecule has 0 bridgehead atoms. The number of anilines is 1. The maximum absolute atomic E-state index is 12.7. The van der Waals surface area contributed by atoms with Gasteiger partial charge < -0.3 is 10.2 Å². The number of nitrogens with zero attached hydrogens (tertiary/aromatic N) is 3. The fourth-order valence-corrected chi connectivity index (χ4v) is 5.22. The zero-order valence-corrected chi connectivity index (χ0v) is 16.7. The first-order chi connectivity index (χ1) is 12.6. The van der Waals surface area contributed by atoms with E-state index >= 15 is 0 Å². The van der Waals surface area contributed by atoms with Crippen LogP contribution in [0.1, 0.15) is 45.2 Å². The largest absolute Gasteiger partial charge is 0.356 e. The molecule has 1 saturated heterocycles. The highest BCUT2D eigenvalue weighted by Gasteiger charge is 2.23. The molecule has 3 aromatic heterocycles. The molecule has 0 aliphatic carbocycles. The number of rotatable bonds is 4. The quantitative estimate of drug-likeness (QED) is 0.727. The minimum Gasteiger partial charge on any atom is -0.356 e. The lowest BCUT2D eigenvalue weighted by Gasteiger charge is -2.28. The lowest BCUT2D eigenvalue weighted by molar-refractivity contribution is 0.0955. The number of nitrogens with one attached hydrogen (secondary N) is 1. The summed E-state index contributed by atoms with van der Waals surface area (Å²) in [6, 6.07) is 4.03. The number of carbonyl (C=O) groups excluding carboxylic acids is 1. The van der Waals surface area contributed by atoms with Crippen LogP contribution in [-0.4, -0.2) is 29.0 Å². The van der Waals surface area contributed by atoms with E-state index in [1.165, 1.54) is 30.6 Å². The maximum Gasteiger partial charge on any atom is 0.262 e. The molecule has 1 N–H and O–H groups in total. The average molecular weight is 387 g/mol. The third-order valence-electron chi connectivity index (χ3n) is 4.75. The van der Waals surface area contributed by atoms with E-state index in [1.807, 2.05) is 31.4 Å². The fourth-order valence-electron chi connectivity index (χ4n) is 3.43. The van der Waals surface area contributed by atoms with E-state index in [0.29, 0.717) is 6.54 Å². The van der Waals surface area contributed by atoms with Gasteiger partial charge in [-0.15, -0.1) is 22.7 Å². The van der Waals surface area contributed by atoms with Crippen LogP contribution in [0.2, 0.25) is 0 Å². The predicted molar refractivity (Wildman–Crippen MR) is 108 cm³/mol. The standard InChI is InChI=1S/C19H22N4OS2/c1-12-15-17(23-8-4-3-5-9-23)21-13(2)22-19(15)26-16(12)18(24)20-11-14-7-6-10-25-14/h6-7,10H,3-5,8-9,11H2,1-2H3,(H,20,24). The third-order valence-corrected chi connectivity index (χ3v) is 6.81. The molecule has 136 valence electrons. The van der Waals surface area contributed by atoms with Crippen molar-refractivity contribution >= 4 is 44.6 Å². The van der Waals surface area contributed by atoms with Crippen LogP contribution in [0.15, 0.2) is 17.5 Å². The lowest BCUT2D eigenvalue weighted by atomic mass is 10.1. The van der Waals surface area contributed by atoms with Crippen molar-refractivity contribution in [1.82, 2.24) is 15.3 Å². The molecule has 0 spiro atoms. The van der Waals surface area contributed by atoms with E-state index in [1.54, 1.807) is 11.3 Å². The second kappa shape index (κ2) is 7.32. The highest BCUT2D eigenvalue weighted by molar-refractivity contribution is 7.20. The summed E-state index contributed by atoms with van der Waals surface area (Å²) in [6.07, 6.45) is 3.67. The summed E-state index contributed by atoms with van der Waals surface area (Å²) in [4.78, 5) is 27.3. The zero-order chi connectivity index (χ0) is 18.1. The number of aryl methyl sites for hydroxylation is 2. The molecule has 1 aliphatic heterocycles. The topological polar surface area (TPSA) is 58.1 Å². The molecule has 1 fully saturated rings. The van der Waals surface area contributed by atoms with Gasteiger partial charge in [-0.1, -0.05) is 6.07 Å². The summed E-state index contributed by atoms with van der Waals surface area (Å²) in [7, 11) is 0. The van der Waals surface area contributed by atoms with E-state index in [4.69, 9.17) is 4.98 Å². The molecule has 1 aliphatic rings. The summed E-state index contributed by atoms with van der Waals surface area (Å²) in [5.41, 5.74) is 0.995. The van der Waals surface area contributed by atoms with Crippen LogP contribution < -0.4 is 10.2 Å². The van der Waals surface area contributed by atoms with Crippen LogP contribution in [0.3, 0.4) is 0 Å². The molecule has 3 aromatic rings. The monoisotopic (exact) mass is 386 g/mol. The first kappa shape index (κ1) is 17.4. The minimum absolute atomic E-state index is 0.0267. The number of thiophene rings is 2. The molecule has 0 unspecified atom stereocenters. The van der Waals surface area contributed by atoms with Gasteiger partial charge in [-0.05, 0) is 50.1 Å². The first-order valence-corrected chi connectivity index (χ1v) is 10.7. The molecule has 26 heavy (non-hydrogen) atoms. The highest BCUT2D eigenvalue weighted by Crippen LogP contribution is 2.36. The highest BCUT2D eigenvalue weighted by atomic mass is 32.1. The smallest absolute Gasteiger partial charge is 0.262 e. The van der Waals surface area contributed by atoms with Crippen molar-refractivity contribution in [3.05, 3.63) is 38.7 Å². The summed E-state index contributed by atoms with van der Waals surface area (Å²) < 4.78 is 0. The molecular formula is C19H22N4OS2. The molecule has 4 rings (SSSR count). The number of fused-ring (bicyclic) bond motifs is 1. The van der Waals surface area contributed by atoms with Gasteiger partial charge in [0.1, 0.15) is 16.5 Å². The molecule has 0 aromatic carbocycles. The van der Waals surface area contributed by atoms with E-state index in [0.717, 1.165) is 50.3 Å². The van der Waals surface area contributed by atoms with Gasteiger partial charge in [0.15, 0.2) is 0 Å². The Labute approximate surface area is 161 Å². The third kappa shape index (κ3) is 3.33. The number of carbonyl (C=O) groups is 1. The van der Waals surface area contributed by atoms with Crippen LogP contribution in [0.4, 0.5) is 5.82 Å². The average Bonchev–Trinajstić information content (AvgIpc) is 3.28. The Kier molecular flexibility index (Phi) is 4.91. The summed E-state index contributed by atoms with van der Waals surface area (Å²) in [5.74, 6) is 1.74. The zero-order valence-electron chi connectivity index (χ0n) is 15.0. The van der Waals surface area contributed by atoms with Crippen LogP contribution in [0.25, 0.3) is 10.2 Å². The van der Waals surface area contributed by atoms with Crippen molar-refractivity contribution in [2.24, 2.45) is 0 Å². The number of piperidine rings is 1. The van der Waals surface area contributed by atoms with Gasteiger partial charge in [0, 0.05) is 18.0 Å². The maximum atomic E-state index is 12.7. The molecule has 0 saturated carbocycles. The molecule has 0 radical (unpaired) electrons. The number of aromatic nitrogens is 2. The summed E-state index contributed by atoms with van der Waals surface area (Å²) in [6.45, 7) is 6.57. The molecule has 5 nitrogen and oxygen atoms in total. The minimum atomic E-state index is -0.0267. The first-order valence-electron chi connectivity index (χ1n) is 8.97. The van der Waals surface area contributed by atoms with E-state index in [9.17, 15) is 4.79 Å². The number of amides is 1. The van der Waals surface area contributed by atoms with Crippen molar-refractivity contribution in [3.63, 3.8) is 0 Å². The van der Waals surface area contributed by atoms with Crippen molar-refractivity contribution in [2.45, 2.75) is 39.7 Å². The Balaban J connectivity index is 1.68. The van der Waals surface area contributed by atoms with Crippen LogP contribution >= 0.6 is 22.7 Å². The van der Waals surface area contributed by atoms with E-state index < -0.39 is 0 Å². The lowest BCUT2D eigenvalue weighted by Crippen LogP contribution is -2.30. The van der Waals surface area contributed by atoms with Crippen LogP contribution in [-0.2, 0) is 6.54 Å². The Hall–Kier alpha value is -1.99. The SMILES string of the molecule is Cc1nc(N2CCCCC2)c2c(C)c(C(=O)NCc3cccs3)sc2n1. The van der Waals surface area contributed by atoms with Gasteiger partial charge in [-0.2, -0.15) is 0 Å². The molecule has 0 atom stereocenters. The van der Waals surface area contributed by atoms with Crippen LogP contribution in [0.5, 0.6) is 0 Å².